The number of ether oxygens (including phenoxy) is 5. The zero-order valence-electron chi connectivity index (χ0n) is 37.3. The standard InChI is InChI=1S/C44H67N7O10/c1-10-33-44(8)37(51(42(56)61-44)18-14-11-15-49-23-31(48-24-49)30-21-46-41(45)47-22-30)27(4)34(52)25(2)20-43(7,57-9)38(28(5)35(53)29(6)39(55)59-33)60-40-36(54)32(19-26(3)58-40)50-16-12-13-17-50/h21-29,32-33,36-38,40,54H,10-20H2,1-9H3,(H2,45,46,47)/t25-,26+,27?,28+,29-,32-,33-,36+,37?,38-,40-,43-,44-/m1/s1. The number of methoxy groups -OCH3 is 1. The van der Waals surface area contributed by atoms with Gasteiger partial charge in [0.15, 0.2) is 17.7 Å². The molecule has 0 saturated carbocycles. The van der Waals surface area contributed by atoms with E-state index in [4.69, 9.17) is 29.4 Å². The number of hydrogen-bond acceptors (Lipinski definition) is 15. The van der Waals surface area contributed by atoms with Gasteiger partial charge >= 0.3 is 12.1 Å². The monoisotopic (exact) mass is 853 g/mol. The first-order valence-corrected chi connectivity index (χ1v) is 22.1. The molecule has 4 saturated heterocycles. The van der Waals surface area contributed by atoms with Gasteiger partial charge in [0.2, 0.25) is 5.95 Å². The maximum absolute atomic E-state index is 14.8. The first kappa shape index (κ1) is 46.5. The van der Waals surface area contributed by atoms with Gasteiger partial charge in [-0.2, -0.15) is 0 Å². The average molecular weight is 854 g/mol. The quantitative estimate of drug-likeness (QED) is 0.182. The van der Waals surface area contributed by atoms with Crippen LogP contribution in [0.2, 0.25) is 0 Å². The lowest BCUT2D eigenvalue weighted by molar-refractivity contribution is -0.296. The van der Waals surface area contributed by atoms with E-state index >= 15 is 0 Å². The number of nitrogens with two attached hydrogens (primary N) is 1. The van der Waals surface area contributed by atoms with Gasteiger partial charge in [0.05, 0.1) is 35.9 Å². The number of cyclic esters (lactones) is 1. The third-order valence-corrected chi connectivity index (χ3v) is 13.8. The highest BCUT2D eigenvalue weighted by atomic mass is 16.7. The number of nitrogen functional groups attached to an aromatic ring is 1. The van der Waals surface area contributed by atoms with Crippen molar-refractivity contribution >= 4 is 29.6 Å². The molecule has 6 heterocycles. The summed E-state index contributed by atoms with van der Waals surface area (Å²) in [4.78, 5) is 73.6. The number of amides is 1. The number of likely N-dealkylation sites (tertiary alicyclic amines) is 1. The van der Waals surface area contributed by atoms with Crippen molar-refractivity contribution in [3.63, 3.8) is 0 Å². The van der Waals surface area contributed by atoms with Crippen LogP contribution in [0.15, 0.2) is 24.9 Å². The number of aliphatic hydroxyl groups is 1. The number of fused-ring (bicyclic) bond motifs is 1. The fourth-order valence-electron chi connectivity index (χ4n) is 10.3. The van der Waals surface area contributed by atoms with E-state index in [9.17, 15) is 24.3 Å². The molecule has 0 aliphatic carbocycles. The summed E-state index contributed by atoms with van der Waals surface area (Å²) in [5.74, 6) is -4.78. The largest absolute Gasteiger partial charge is 0.458 e. The molecule has 61 heavy (non-hydrogen) atoms. The van der Waals surface area contributed by atoms with Crippen LogP contribution in [0.3, 0.4) is 0 Å². The molecule has 4 aliphatic rings. The number of esters is 1. The molecule has 0 aromatic carbocycles. The summed E-state index contributed by atoms with van der Waals surface area (Å²) in [6.45, 7) is 16.7. The summed E-state index contributed by atoms with van der Waals surface area (Å²) in [5.41, 5.74) is 4.39. The van der Waals surface area contributed by atoms with Crippen molar-refractivity contribution in [1.29, 1.82) is 0 Å². The van der Waals surface area contributed by atoms with Gasteiger partial charge in [0.1, 0.15) is 23.9 Å². The number of hydrogen-bond donors (Lipinski definition) is 2. The number of Topliss-reactive ketones (excluding diaryl/α,β-unsaturated/α-hetero) is 2. The molecule has 3 N–H and O–H groups in total. The van der Waals surface area contributed by atoms with Gasteiger partial charge in [0.25, 0.3) is 0 Å². The molecule has 2 aromatic rings. The third kappa shape index (κ3) is 9.65. The van der Waals surface area contributed by atoms with Crippen molar-refractivity contribution in [2.75, 3.05) is 32.5 Å². The van der Waals surface area contributed by atoms with Gasteiger partial charge in [-0.1, -0.05) is 27.7 Å². The molecule has 4 aliphatic heterocycles. The van der Waals surface area contributed by atoms with Crippen LogP contribution in [0.25, 0.3) is 11.3 Å². The van der Waals surface area contributed by atoms with Crippen LogP contribution in [0, 0.1) is 23.7 Å². The Hall–Kier alpha value is -4.03. The normalized spacial score (nSPS) is 37.0. The Morgan fingerprint density at radius 1 is 0.951 bits per heavy atom. The first-order chi connectivity index (χ1) is 28.9. The lowest BCUT2D eigenvalue weighted by atomic mass is 9.73. The van der Waals surface area contributed by atoms with E-state index in [2.05, 4.69) is 19.9 Å². The molecule has 0 spiro atoms. The smallest absolute Gasteiger partial charge is 0.410 e. The molecule has 0 radical (unpaired) electrons. The van der Waals surface area contributed by atoms with E-state index in [-0.39, 0.29) is 43.3 Å². The molecule has 17 heteroatoms. The van der Waals surface area contributed by atoms with Crippen LogP contribution in [0.5, 0.6) is 0 Å². The van der Waals surface area contributed by atoms with Crippen LogP contribution in [-0.2, 0) is 44.6 Å². The fourth-order valence-corrected chi connectivity index (χ4v) is 10.3. The first-order valence-electron chi connectivity index (χ1n) is 22.1. The summed E-state index contributed by atoms with van der Waals surface area (Å²) >= 11 is 0. The van der Waals surface area contributed by atoms with Crippen molar-refractivity contribution < 1.29 is 48.0 Å². The van der Waals surface area contributed by atoms with Crippen LogP contribution in [0.4, 0.5) is 10.7 Å². The fraction of sp³-hybridized carbons (Fsp3) is 0.750. The van der Waals surface area contributed by atoms with Crippen molar-refractivity contribution in [2.45, 2.75) is 161 Å². The zero-order valence-corrected chi connectivity index (χ0v) is 37.3. The van der Waals surface area contributed by atoms with Crippen molar-refractivity contribution in [1.82, 2.24) is 29.3 Å². The van der Waals surface area contributed by atoms with Crippen LogP contribution >= 0.6 is 0 Å². The van der Waals surface area contributed by atoms with E-state index in [1.807, 2.05) is 31.5 Å². The van der Waals surface area contributed by atoms with E-state index in [0.717, 1.165) is 31.5 Å². The third-order valence-electron chi connectivity index (χ3n) is 13.8. The van der Waals surface area contributed by atoms with E-state index in [1.165, 1.54) is 14.0 Å². The molecule has 1 amide bonds. The van der Waals surface area contributed by atoms with Gasteiger partial charge < -0.3 is 44.0 Å². The molecular formula is C44H67N7O10. The number of unbranched alkanes of at least 4 members (excludes halogenated alkanes) is 1. The molecule has 338 valence electrons. The predicted molar refractivity (Wildman–Crippen MR) is 224 cm³/mol. The Labute approximate surface area is 359 Å². The van der Waals surface area contributed by atoms with Crippen LogP contribution in [0.1, 0.15) is 100 Å². The minimum Gasteiger partial charge on any atom is -0.458 e. The number of nitrogens with zero attached hydrogens (tertiary/aromatic N) is 6. The van der Waals surface area contributed by atoms with E-state index in [0.29, 0.717) is 31.5 Å². The van der Waals surface area contributed by atoms with Crippen molar-refractivity contribution in [2.24, 2.45) is 23.7 Å². The number of ketones is 2. The van der Waals surface area contributed by atoms with Gasteiger partial charge in [-0.05, 0) is 85.7 Å². The Balaban J connectivity index is 1.26. The number of carbonyl (C=O) groups is 4. The predicted octanol–water partition coefficient (Wildman–Crippen LogP) is 4.44. The van der Waals surface area contributed by atoms with Gasteiger partial charge in [-0.3, -0.25) is 19.3 Å². The Morgan fingerprint density at radius 2 is 1.62 bits per heavy atom. The number of rotatable bonds is 11. The number of anilines is 1. The molecule has 2 aromatic heterocycles. The second-order valence-corrected chi connectivity index (χ2v) is 18.2. The summed E-state index contributed by atoms with van der Waals surface area (Å²) < 4.78 is 33.5. The zero-order chi connectivity index (χ0) is 44.4. The number of aliphatic hydroxyl groups excluding tert-OH is 1. The number of aromatic nitrogens is 4. The molecule has 4 fully saturated rings. The second-order valence-electron chi connectivity index (χ2n) is 18.2. The molecule has 17 nitrogen and oxygen atoms in total. The van der Waals surface area contributed by atoms with Gasteiger partial charge in [0, 0.05) is 68.1 Å². The van der Waals surface area contributed by atoms with Crippen molar-refractivity contribution in [3.05, 3.63) is 24.9 Å². The average Bonchev–Trinajstić information content (AvgIpc) is 4.00. The Morgan fingerprint density at radius 3 is 2.28 bits per heavy atom. The maximum atomic E-state index is 14.8. The minimum atomic E-state index is -1.41. The highest BCUT2D eigenvalue weighted by Crippen LogP contribution is 2.43. The van der Waals surface area contributed by atoms with E-state index < -0.39 is 83.4 Å². The Kier molecular flexibility index (Phi) is 14.6. The number of carbonyl (C=O) groups excluding carboxylic acids is 4. The number of imidazole rings is 1. The summed E-state index contributed by atoms with van der Waals surface area (Å²) in [6.07, 6.45) is 6.26. The number of aryl methyl sites for hydroxylation is 1. The highest BCUT2D eigenvalue weighted by Gasteiger charge is 2.60. The molecule has 0 bridgehead atoms. The lowest BCUT2D eigenvalue weighted by Gasteiger charge is -2.47. The summed E-state index contributed by atoms with van der Waals surface area (Å²) in [6, 6.07) is -0.999. The van der Waals surface area contributed by atoms with Crippen LogP contribution in [-0.4, -0.2) is 139 Å². The highest BCUT2D eigenvalue weighted by molar-refractivity contribution is 6.00. The molecule has 2 unspecified atom stereocenters. The molecule has 6 rings (SSSR count). The van der Waals surface area contributed by atoms with Gasteiger partial charge in [-0.15, -0.1) is 0 Å². The molecular weight excluding hydrogens is 787 g/mol. The minimum absolute atomic E-state index is 0.131. The maximum Gasteiger partial charge on any atom is 0.410 e. The summed E-state index contributed by atoms with van der Waals surface area (Å²) in [5, 5.41) is 11.7. The molecule has 13 atom stereocenters. The topological polar surface area (TPSA) is 211 Å². The lowest BCUT2D eigenvalue weighted by Crippen LogP contribution is -2.60. The SMILES string of the molecule is CC[C@H]1OC(=O)[C@H](C)C(=O)[C@H](C)[C@@H](O[C@H]2O[C@@H](C)C[C@@H](N3CCCC3)[C@@H]2O)[C@](C)(OC)C[C@@H](C)C(=O)C(C)C2N(CCCCn3cnc(-c4cnc(N)nc4)c3)C(=O)O[C@@]21C. The Bertz CT molecular complexity index is 1860. The van der Waals surface area contributed by atoms with E-state index in [1.54, 1.807) is 51.3 Å². The van der Waals surface area contributed by atoms with Crippen molar-refractivity contribution in [3.8, 4) is 11.3 Å². The van der Waals surface area contributed by atoms with Crippen LogP contribution < -0.4 is 5.73 Å². The van der Waals surface area contributed by atoms with Gasteiger partial charge in [-0.25, -0.2) is 19.7 Å². The second kappa shape index (κ2) is 19.2. The summed E-state index contributed by atoms with van der Waals surface area (Å²) in [7, 11) is 1.51.